The number of piperazine rings is 1. The number of ether oxygens (including phenoxy) is 3. The summed E-state index contributed by atoms with van der Waals surface area (Å²) in [4.78, 5) is 20.1. The molecule has 2 fully saturated rings. The van der Waals surface area contributed by atoms with Gasteiger partial charge in [0.1, 0.15) is 5.75 Å². The molecule has 0 unspecified atom stereocenters. The first-order valence-corrected chi connectivity index (χ1v) is 12.5. The predicted molar refractivity (Wildman–Crippen MR) is 130 cm³/mol. The van der Waals surface area contributed by atoms with Crippen molar-refractivity contribution in [3.63, 3.8) is 0 Å². The molecule has 2 aromatic carbocycles. The van der Waals surface area contributed by atoms with Crippen molar-refractivity contribution in [2.24, 2.45) is 5.92 Å². The van der Waals surface area contributed by atoms with Gasteiger partial charge in [-0.15, -0.1) is 0 Å². The van der Waals surface area contributed by atoms with E-state index in [9.17, 15) is 4.79 Å². The summed E-state index contributed by atoms with van der Waals surface area (Å²) >= 11 is 0. The average Bonchev–Trinajstić information content (AvgIpc) is 3.34. The lowest BCUT2D eigenvalue weighted by Crippen LogP contribution is -2.51. The second-order valence-corrected chi connectivity index (χ2v) is 9.38. The third-order valence-electron chi connectivity index (χ3n) is 7.13. The molecule has 3 heterocycles. The summed E-state index contributed by atoms with van der Waals surface area (Å²) in [6.45, 7) is 10.1. The minimum Gasteiger partial charge on any atom is -0.494 e. The molecular weight excluding hydrogens is 430 g/mol. The Morgan fingerprint density at radius 1 is 0.912 bits per heavy atom. The Morgan fingerprint density at radius 3 is 2.44 bits per heavy atom. The fourth-order valence-electron chi connectivity index (χ4n) is 5.19. The molecule has 182 valence electrons. The summed E-state index contributed by atoms with van der Waals surface area (Å²) in [7, 11) is 0. The van der Waals surface area contributed by atoms with Gasteiger partial charge in [-0.25, -0.2) is 0 Å². The Kier molecular flexibility index (Phi) is 7.21. The van der Waals surface area contributed by atoms with E-state index in [0.29, 0.717) is 19.3 Å². The second-order valence-electron chi connectivity index (χ2n) is 9.38. The van der Waals surface area contributed by atoms with Crippen molar-refractivity contribution in [2.75, 3.05) is 52.7 Å². The SMILES string of the molecule is CCOc1ccccc1CN1CCC(C(=O)N2CCN(Cc3ccc4c(c3)OCO4)CC2)CC1. The maximum Gasteiger partial charge on any atom is 0.231 e. The average molecular weight is 466 g/mol. The van der Waals surface area contributed by atoms with Gasteiger partial charge >= 0.3 is 0 Å². The highest BCUT2D eigenvalue weighted by Gasteiger charge is 2.30. The van der Waals surface area contributed by atoms with Crippen molar-refractivity contribution in [1.29, 1.82) is 0 Å². The van der Waals surface area contributed by atoms with E-state index in [4.69, 9.17) is 14.2 Å². The zero-order valence-corrected chi connectivity index (χ0v) is 20.1. The largest absolute Gasteiger partial charge is 0.494 e. The summed E-state index contributed by atoms with van der Waals surface area (Å²) in [5.74, 6) is 3.13. The van der Waals surface area contributed by atoms with E-state index in [2.05, 4.69) is 39.0 Å². The third-order valence-corrected chi connectivity index (χ3v) is 7.13. The first-order valence-electron chi connectivity index (χ1n) is 12.5. The molecule has 7 nitrogen and oxygen atoms in total. The molecule has 2 aromatic rings. The summed E-state index contributed by atoms with van der Waals surface area (Å²) in [5, 5.41) is 0. The molecule has 3 aliphatic heterocycles. The van der Waals surface area contributed by atoms with Gasteiger partial charge in [-0.2, -0.15) is 0 Å². The van der Waals surface area contributed by atoms with Gasteiger partial charge in [0.15, 0.2) is 11.5 Å². The molecule has 0 aliphatic carbocycles. The molecule has 0 aromatic heterocycles. The Balaban J connectivity index is 1.07. The van der Waals surface area contributed by atoms with Crippen LogP contribution in [0.5, 0.6) is 17.2 Å². The van der Waals surface area contributed by atoms with Crippen LogP contribution in [0.25, 0.3) is 0 Å². The highest BCUT2D eigenvalue weighted by atomic mass is 16.7. The van der Waals surface area contributed by atoms with E-state index < -0.39 is 0 Å². The first-order chi connectivity index (χ1) is 16.7. The van der Waals surface area contributed by atoms with Crippen LogP contribution in [0, 0.1) is 5.92 Å². The van der Waals surface area contributed by atoms with Gasteiger partial charge in [-0.3, -0.25) is 14.6 Å². The smallest absolute Gasteiger partial charge is 0.231 e. The Morgan fingerprint density at radius 2 is 1.65 bits per heavy atom. The van der Waals surface area contributed by atoms with Crippen LogP contribution in [0.4, 0.5) is 0 Å². The summed E-state index contributed by atoms with van der Waals surface area (Å²) < 4.78 is 16.7. The van der Waals surface area contributed by atoms with Crippen LogP contribution in [0.15, 0.2) is 42.5 Å². The lowest BCUT2D eigenvalue weighted by Gasteiger charge is -2.38. The normalized spacial score (nSPS) is 19.4. The van der Waals surface area contributed by atoms with E-state index >= 15 is 0 Å². The minimum atomic E-state index is 0.152. The fraction of sp³-hybridized carbons (Fsp3) is 0.519. The topological polar surface area (TPSA) is 54.5 Å². The third kappa shape index (κ3) is 5.31. The summed E-state index contributed by atoms with van der Waals surface area (Å²) in [5.41, 5.74) is 2.45. The van der Waals surface area contributed by atoms with Crippen LogP contribution in [-0.4, -0.2) is 73.3 Å². The number of para-hydroxylation sites is 1. The van der Waals surface area contributed by atoms with Crippen LogP contribution in [0.1, 0.15) is 30.9 Å². The van der Waals surface area contributed by atoms with Crippen LogP contribution in [0.3, 0.4) is 0 Å². The molecule has 0 radical (unpaired) electrons. The number of benzene rings is 2. The number of nitrogens with zero attached hydrogens (tertiary/aromatic N) is 3. The van der Waals surface area contributed by atoms with E-state index in [1.54, 1.807) is 0 Å². The fourth-order valence-corrected chi connectivity index (χ4v) is 5.19. The van der Waals surface area contributed by atoms with Crippen molar-refractivity contribution >= 4 is 5.91 Å². The maximum absolute atomic E-state index is 13.2. The van der Waals surface area contributed by atoms with Gasteiger partial charge in [-0.05, 0) is 56.6 Å². The minimum absolute atomic E-state index is 0.152. The lowest BCUT2D eigenvalue weighted by atomic mass is 9.94. The van der Waals surface area contributed by atoms with E-state index in [1.807, 2.05) is 25.1 Å². The molecule has 2 saturated heterocycles. The number of piperidine rings is 1. The van der Waals surface area contributed by atoms with Crippen molar-refractivity contribution in [3.05, 3.63) is 53.6 Å². The molecule has 1 amide bonds. The van der Waals surface area contributed by atoms with Gasteiger partial charge in [0.05, 0.1) is 6.61 Å². The van der Waals surface area contributed by atoms with Gasteiger partial charge in [-0.1, -0.05) is 24.3 Å². The number of amides is 1. The van der Waals surface area contributed by atoms with Crippen LogP contribution in [-0.2, 0) is 17.9 Å². The van der Waals surface area contributed by atoms with Gasteiger partial charge in [0, 0.05) is 50.7 Å². The number of fused-ring (bicyclic) bond motifs is 1. The maximum atomic E-state index is 13.2. The molecular formula is C27H35N3O4. The van der Waals surface area contributed by atoms with E-state index in [0.717, 1.165) is 82.4 Å². The van der Waals surface area contributed by atoms with Crippen LogP contribution in [0.2, 0.25) is 0 Å². The molecule has 0 saturated carbocycles. The van der Waals surface area contributed by atoms with Crippen LogP contribution < -0.4 is 14.2 Å². The second kappa shape index (κ2) is 10.7. The van der Waals surface area contributed by atoms with Crippen molar-refractivity contribution < 1.29 is 19.0 Å². The summed E-state index contributed by atoms with van der Waals surface area (Å²) in [6.07, 6.45) is 1.88. The number of carbonyl (C=O) groups excluding carboxylic acids is 1. The quantitative estimate of drug-likeness (QED) is 0.625. The molecule has 0 atom stereocenters. The van der Waals surface area contributed by atoms with E-state index in [1.165, 1.54) is 11.1 Å². The molecule has 34 heavy (non-hydrogen) atoms. The predicted octanol–water partition coefficient (Wildman–Crippen LogP) is 3.37. The zero-order valence-electron chi connectivity index (χ0n) is 20.1. The molecule has 0 bridgehead atoms. The Hall–Kier alpha value is -2.77. The summed E-state index contributed by atoms with van der Waals surface area (Å²) in [6, 6.07) is 14.4. The van der Waals surface area contributed by atoms with Crippen LogP contribution >= 0.6 is 0 Å². The molecule has 0 spiro atoms. The zero-order chi connectivity index (χ0) is 23.3. The van der Waals surface area contributed by atoms with Crippen molar-refractivity contribution in [2.45, 2.75) is 32.9 Å². The van der Waals surface area contributed by atoms with Crippen molar-refractivity contribution in [3.8, 4) is 17.2 Å². The Labute approximate surface area is 202 Å². The number of carbonyl (C=O) groups is 1. The van der Waals surface area contributed by atoms with Gasteiger partial charge in [0.25, 0.3) is 0 Å². The highest BCUT2D eigenvalue weighted by Crippen LogP contribution is 2.33. The van der Waals surface area contributed by atoms with Crippen molar-refractivity contribution in [1.82, 2.24) is 14.7 Å². The lowest BCUT2D eigenvalue weighted by molar-refractivity contribution is -0.139. The molecule has 0 N–H and O–H groups in total. The first kappa shape index (κ1) is 23.0. The highest BCUT2D eigenvalue weighted by molar-refractivity contribution is 5.79. The number of hydrogen-bond donors (Lipinski definition) is 0. The molecule has 3 aliphatic rings. The van der Waals surface area contributed by atoms with Gasteiger partial charge in [0.2, 0.25) is 12.7 Å². The standard InChI is InChI=1S/C27H35N3O4/c1-2-32-24-6-4-3-5-23(24)19-28-11-9-22(10-12-28)27(31)30-15-13-29(14-16-30)18-21-7-8-25-26(17-21)34-20-33-25/h3-8,17,22H,2,9-16,18-20H2,1H3. The number of rotatable bonds is 7. The monoisotopic (exact) mass is 465 g/mol. The number of likely N-dealkylation sites (tertiary alicyclic amines) is 1. The Bertz CT molecular complexity index is 982. The van der Waals surface area contributed by atoms with E-state index in [-0.39, 0.29) is 5.92 Å². The molecule has 7 heteroatoms. The number of hydrogen-bond acceptors (Lipinski definition) is 6. The molecule has 5 rings (SSSR count). The van der Waals surface area contributed by atoms with Gasteiger partial charge < -0.3 is 19.1 Å².